The standard InChI is InChI=1S/C20H17FN2O3S/c1-13(24)18-9-8-17(10-19(18)21)26-11-15-12-27-20(22-15)23(14(2)25)16-6-4-3-5-7-16/h3-10,12H,11H2,1-2H3. The van der Waals surface area contributed by atoms with Gasteiger partial charge in [-0.25, -0.2) is 9.37 Å². The van der Waals surface area contributed by atoms with E-state index in [9.17, 15) is 14.0 Å². The Bertz CT molecular complexity index is 972. The van der Waals surface area contributed by atoms with Crippen LogP contribution < -0.4 is 9.64 Å². The number of nitrogens with zero attached hydrogens (tertiary/aromatic N) is 2. The molecule has 1 amide bonds. The fourth-order valence-electron chi connectivity index (χ4n) is 2.50. The molecule has 5 nitrogen and oxygen atoms in total. The monoisotopic (exact) mass is 384 g/mol. The van der Waals surface area contributed by atoms with Crippen molar-refractivity contribution in [1.82, 2.24) is 4.98 Å². The second-order valence-corrected chi connectivity index (χ2v) is 6.63. The number of aromatic nitrogens is 1. The van der Waals surface area contributed by atoms with Gasteiger partial charge in [0.15, 0.2) is 10.9 Å². The lowest BCUT2D eigenvalue weighted by Crippen LogP contribution is -2.22. The summed E-state index contributed by atoms with van der Waals surface area (Å²) in [6.07, 6.45) is 0. The van der Waals surface area contributed by atoms with Crippen molar-refractivity contribution in [3.63, 3.8) is 0 Å². The summed E-state index contributed by atoms with van der Waals surface area (Å²) < 4.78 is 19.4. The van der Waals surface area contributed by atoms with Crippen LogP contribution in [-0.2, 0) is 11.4 Å². The van der Waals surface area contributed by atoms with Gasteiger partial charge in [0.05, 0.1) is 16.9 Å². The molecule has 138 valence electrons. The fourth-order valence-corrected chi connectivity index (χ4v) is 3.37. The molecule has 1 heterocycles. The van der Waals surface area contributed by atoms with Crippen molar-refractivity contribution < 1.29 is 18.7 Å². The summed E-state index contributed by atoms with van der Waals surface area (Å²) in [6.45, 7) is 2.91. The number of Topliss-reactive ketones (excluding diaryl/α,β-unsaturated/α-hetero) is 1. The van der Waals surface area contributed by atoms with E-state index in [-0.39, 0.29) is 23.9 Å². The average molecular weight is 384 g/mol. The number of para-hydroxylation sites is 1. The van der Waals surface area contributed by atoms with Crippen molar-refractivity contribution in [3.05, 3.63) is 71.0 Å². The molecule has 1 aromatic heterocycles. The van der Waals surface area contributed by atoms with Crippen molar-refractivity contribution in [3.8, 4) is 5.75 Å². The van der Waals surface area contributed by atoms with Crippen LogP contribution in [0.5, 0.6) is 5.75 Å². The maximum Gasteiger partial charge on any atom is 0.230 e. The lowest BCUT2D eigenvalue weighted by Gasteiger charge is -2.17. The number of carbonyl (C=O) groups excluding carboxylic acids is 2. The summed E-state index contributed by atoms with van der Waals surface area (Å²) in [4.78, 5) is 29.3. The SMILES string of the molecule is CC(=O)c1ccc(OCc2csc(N(C(C)=O)c3ccccc3)n2)cc1F. The zero-order chi connectivity index (χ0) is 19.4. The molecule has 0 spiro atoms. The van der Waals surface area contributed by atoms with Crippen LogP contribution in [0.15, 0.2) is 53.9 Å². The zero-order valence-corrected chi connectivity index (χ0v) is 15.6. The van der Waals surface area contributed by atoms with Gasteiger partial charge in [0.1, 0.15) is 18.2 Å². The van der Waals surface area contributed by atoms with E-state index >= 15 is 0 Å². The normalized spacial score (nSPS) is 10.5. The van der Waals surface area contributed by atoms with Crippen molar-refractivity contribution >= 4 is 33.8 Å². The minimum Gasteiger partial charge on any atom is -0.487 e. The third-order valence-electron chi connectivity index (χ3n) is 3.77. The maximum atomic E-state index is 13.9. The van der Waals surface area contributed by atoms with Crippen molar-refractivity contribution in [2.45, 2.75) is 20.5 Å². The number of thiazole rings is 1. The summed E-state index contributed by atoms with van der Waals surface area (Å²) in [6, 6.07) is 13.3. The number of ketones is 1. The maximum absolute atomic E-state index is 13.9. The third-order valence-corrected chi connectivity index (χ3v) is 4.64. The molecule has 0 N–H and O–H groups in total. The van der Waals surface area contributed by atoms with Crippen LogP contribution >= 0.6 is 11.3 Å². The molecule has 2 aromatic carbocycles. The van der Waals surface area contributed by atoms with Gasteiger partial charge in [-0.1, -0.05) is 18.2 Å². The van der Waals surface area contributed by atoms with Crippen LogP contribution in [0.3, 0.4) is 0 Å². The van der Waals surface area contributed by atoms with Crippen molar-refractivity contribution in [2.75, 3.05) is 4.90 Å². The quantitative estimate of drug-likeness (QED) is 0.576. The Kier molecular flexibility index (Phi) is 5.61. The van der Waals surface area contributed by atoms with E-state index in [1.807, 2.05) is 30.3 Å². The number of halogens is 1. The van der Waals surface area contributed by atoms with Gasteiger partial charge in [-0.3, -0.25) is 14.5 Å². The number of carbonyl (C=O) groups is 2. The Morgan fingerprint density at radius 3 is 2.52 bits per heavy atom. The molecule has 7 heteroatoms. The first-order valence-corrected chi connectivity index (χ1v) is 9.07. The molecular weight excluding hydrogens is 367 g/mol. The first-order chi connectivity index (χ1) is 13.0. The molecule has 0 aliphatic rings. The smallest absolute Gasteiger partial charge is 0.230 e. The van der Waals surface area contributed by atoms with Gasteiger partial charge < -0.3 is 4.74 Å². The van der Waals surface area contributed by atoms with Crippen LogP contribution in [0.1, 0.15) is 29.9 Å². The molecule has 0 fully saturated rings. The van der Waals surface area contributed by atoms with Crippen LogP contribution in [0.4, 0.5) is 15.2 Å². The summed E-state index contributed by atoms with van der Waals surface area (Å²) in [5.41, 5.74) is 1.38. The second-order valence-electron chi connectivity index (χ2n) is 5.80. The van der Waals surface area contributed by atoms with E-state index in [4.69, 9.17) is 4.74 Å². The highest BCUT2D eigenvalue weighted by atomic mass is 32.1. The number of ether oxygens (including phenoxy) is 1. The third kappa shape index (κ3) is 4.38. The summed E-state index contributed by atoms with van der Waals surface area (Å²) in [5.74, 6) is -0.803. The van der Waals surface area contributed by atoms with E-state index in [0.29, 0.717) is 16.6 Å². The molecule has 3 rings (SSSR count). The van der Waals surface area contributed by atoms with E-state index in [1.165, 1.54) is 42.2 Å². The summed E-state index contributed by atoms with van der Waals surface area (Å²) in [7, 11) is 0. The molecule has 0 bridgehead atoms. The molecule has 0 aliphatic heterocycles. The van der Waals surface area contributed by atoms with Crippen LogP contribution in [0.25, 0.3) is 0 Å². The molecule has 0 saturated heterocycles. The van der Waals surface area contributed by atoms with Crippen LogP contribution in [0, 0.1) is 5.82 Å². The fraction of sp³-hybridized carbons (Fsp3) is 0.150. The Balaban J connectivity index is 1.73. The highest BCUT2D eigenvalue weighted by Crippen LogP contribution is 2.29. The number of hydrogen-bond donors (Lipinski definition) is 0. The van der Waals surface area contributed by atoms with Crippen LogP contribution in [-0.4, -0.2) is 16.7 Å². The van der Waals surface area contributed by atoms with Crippen LogP contribution in [0.2, 0.25) is 0 Å². The summed E-state index contributed by atoms with van der Waals surface area (Å²) >= 11 is 1.32. The van der Waals surface area contributed by atoms with E-state index in [2.05, 4.69) is 4.98 Å². The Morgan fingerprint density at radius 2 is 1.89 bits per heavy atom. The molecule has 27 heavy (non-hydrogen) atoms. The number of amides is 1. The predicted octanol–water partition coefficient (Wildman–Crippen LogP) is 4.75. The lowest BCUT2D eigenvalue weighted by molar-refractivity contribution is -0.115. The van der Waals surface area contributed by atoms with Gasteiger partial charge in [0, 0.05) is 18.4 Å². The van der Waals surface area contributed by atoms with E-state index in [0.717, 1.165) is 5.69 Å². The lowest BCUT2D eigenvalue weighted by atomic mass is 10.1. The highest BCUT2D eigenvalue weighted by molar-refractivity contribution is 7.14. The van der Waals surface area contributed by atoms with Crippen molar-refractivity contribution in [2.24, 2.45) is 0 Å². The Labute approximate surface area is 160 Å². The minimum absolute atomic E-state index is 0.0262. The minimum atomic E-state index is -0.620. The predicted molar refractivity (Wildman–Crippen MR) is 102 cm³/mol. The Morgan fingerprint density at radius 1 is 1.15 bits per heavy atom. The Hall–Kier alpha value is -3.06. The topological polar surface area (TPSA) is 59.5 Å². The molecule has 0 aliphatic carbocycles. The average Bonchev–Trinajstić information content (AvgIpc) is 3.09. The molecule has 0 unspecified atom stereocenters. The highest BCUT2D eigenvalue weighted by Gasteiger charge is 2.18. The number of rotatable bonds is 6. The molecular formula is C20H17FN2O3S. The van der Waals surface area contributed by atoms with Gasteiger partial charge in [-0.2, -0.15) is 0 Å². The van der Waals surface area contributed by atoms with Gasteiger partial charge in [0.2, 0.25) is 5.91 Å². The molecule has 0 saturated carbocycles. The molecule has 0 radical (unpaired) electrons. The van der Waals surface area contributed by atoms with Gasteiger partial charge >= 0.3 is 0 Å². The van der Waals surface area contributed by atoms with Gasteiger partial charge in [-0.05, 0) is 31.2 Å². The summed E-state index contributed by atoms with van der Waals surface area (Å²) in [5, 5.41) is 2.32. The van der Waals surface area contributed by atoms with E-state index in [1.54, 1.807) is 11.4 Å². The number of benzene rings is 2. The van der Waals surface area contributed by atoms with E-state index < -0.39 is 5.82 Å². The largest absolute Gasteiger partial charge is 0.487 e. The van der Waals surface area contributed by atoms with Gasteiger partial charge in [0.25, 0.3) is 0 Å². The molecule has 3 aromatic rings. The number of anilines is 2. The van der Waals surface area contributed by atoms with Crippen molar-refractivity contribution in [1.29, 1.82) is 0 Å². The first-order valence-electron chi connectivity index (χ1n) is 8.19. The van der Waals surface area contributed by atoms with Gasteiger partial charge in [-0.15, -0.1) is 11.3 Å². The molecule has 0 atom stereocenters. The number of hydrogen-bond acceptors (Lipinski definition) is 5. The second kappa shape index (κ2) is 8.09. The first kappa shape index (κ1) is 18.7. The zero-order valence-electron chi connectivity index (χ0n) is 14.8.